The Morgan fingerprint density at radius 1 is 0.967 bits per heavy atom. The van der Waals surface area contributed by atoms with Crippen LogP contribution in [0.4, 0.5) is 0 Å². The average molecular weight is 438 g/mol. The Morgan fingerprint density at radius 3 is 2.47 bits per heavy atom. The van der Waals surface area contributed by atoms with Gasteiger partial charge in [0, 0.05) is 27.2 Å². The zero-order valence-corrected chi connectivity index (χ0v) is 17.9. The number of halogens is 2. The number of carbonyl (C=O) groups excluding carboxylic acids is 1. The van der Waals surface area contributed by atoms with Crippen LogP contribution in [0.2, 0.25) is 10.0 Å². The highest BCUT2D eigenvalue weighted by molar-refractivity contribution is 6.33. The summed E-state index contributed by atoms with van der Waals surface area (Å²) in [6.07, 6.45) is 4.98. The molecule has 1 aliphatic heterocycles. The molecule has 2 aromatic carbocycles. The Labute approximate surface area is 185 Å². The van der Waals surface area contributed by atoms with E-state index >= 15 is 0 Å². The second-order valence-corrected chi connectivity index (χ2v) is 9.56. The monoisotopic (exact) mass is 437 g/mol. The van der Waals surface area contributed by atoms with E-state index in [1.807, 2.05) is 53.2 Å². The zero-order valence-electron chi connectivity index (χ0n) is 16.4. The van der Waals surface area contributed by atoms with Gasteiger partial charge in [0.2, 0.25) is 0 Å². The summed E-state index contributed by atoms with van der Waals surface area (Å²) in [6.45, 7) is 0.607. The summed E-state index contributed by atoms with van der Waals surface area (Å²) >= 11 is 12.7. The van der Waals surface area contributed by atoms with Crippen molar-refractivity contribution in [3.63, 3.8) is 0 Å². The zero-order chi connectivity index (χ0) is 20.4. The van der Waals surface area contributed by atoms with Gasteiger partial charge in [-0.25, -0.2) is 4.68 Å². The highest BCUT2D eigenvalue weighted by Gasteiger charge is 2.47. The predicted molar refractivity (Wildman–Crippen MR) is 118 cm³/mol. The van der Waals surface area contributed by atoms with Crippen LogP contribution in [0.25, 0.3) is 16.9 Å². The molecular formula is C24H21Cl2N3O. The lowest BCUT2D eigenvalue weighted by Crippen LogP contribution is -2.39. The van der Waals surface area contributed by atoms with Crippen molar-refractivity contribution in [2.24, 2.45) is 11.8 Å². The van der Waals surface area contributed by atoms with E-state index in [-0.39, 0.29) is 5.91 Å². The number of amides is 1. The Morgan fingerprint density at radius 2 is 1.77 bits per heavy atom. The van der Waals surface area contributed by atoms with E-state index in [2.05, 4.69) is 4.90 Å². The smallest absolute Gasteiger partial charge is 0.275 e. The molecule has 1 amide bonds. The maximum atomic E-state index is 13.4. The Balaban J connectivity index is 1.48. The SMILES string of the molecule is O=C1c2nn(-c3ccc(Cl)cc3)c(-c3ccccc3Cl)c2CN1C1CC2CCC1C2. The third-order valence-electron chi connectivity index (χ3n) is 7.08. The molecule has 6 heteroatoms. The Bertz CT molecular complexity index is 1150. The van der Waals surface area contributed by atoms with Crippen LogP contribution in [-0.2, 0) is 6.54 Å². The first kappa shape index (κ1) is 18.5. The minimum atomic E-state index is 0.0589. The van der Waals surface area contributed by atoms with Crippen LogP contribution in [-0.4, -0.2) is 26.6 Å². The molecule has 4 nitrogen and oxygen atoms in total. The van der Waals surface area contributed by atoms with Gasteiger partial charge in [-0.15, -0.1) is 0 Å². The molecule has 2 bridgehead atoms. The second-order valence-electron chi connectivity index (χ2n) is 8.72. The minimum Gasteiger partial charge on any atom is -0.329 e. The van der Waals surface area contributed by atoms with Crippen molar-refractivity contribution in [2.45, 2.75) is 38.3 Å². The molecule has 0 N–H and O–H groups in total. The lowest BCUT2D eigenvalue weighted by atomic mass is 9.94. The summed E-state index contributed by atoms with van der Waals surface area (Å²) < 4.78 is 1.85. The van der Waals surface area contributed by atoms with E-state index in [1.54, 1.807) is 0 Å². The first-order chi connectivity index (χ1) is 14.6. The maximum Gasteiger partial charge on any atom is 0.275 e. The number of hydrogen-bond donors (Lipinski definition) is 0. The van der Waals surface area contributed by atoms with Crippen LogP contribution in [0.3, 0.4) is 0 Å². The van der Waals surface area contributed by atoms with Gasteiger partial charge in [0.1, 0.15) is 0 Å². The van der Waals surface area contributed by atoms with Crippen molar-refractivity contribution in [3.05, 3.63) is 69.8 Å². The summed E-state index contributed by atoms with van der Waals surface area (Å²) in [7, 11) is 0. The van der Waals surface area contributed by atoms with Crippen molar-refractivity contribution in [1.82, 2.24) is 14.7 Å². The van der Waals surface area contributed by atoms with Gasteiger partial charge < -0.3 is 4.90 Å². The fourth-order valence-corrected chi connectivity index (χ4v) is 6.06. The molecule has 3 atom stereocenters. The lowest BCUT2D eigenvalue weighted by molar-refractivity contribution is 0.0630. The topological polar surface area (TPSA) is 38.1 Å². The van der Waals surface area contributed by atoms with Crippen LogP contribution in [0.5, 0.6) is 0 Å². The minimum absolute atomic E-state index is 0.0589. The molecule has 3 aromatic rings. The van der Waals surface area contributed by atoms with Crippen molar-refractivity contribution >= 4 is 29.1 Å². The van der Waals surface area contributed by atoms with Crippen molar-refractivity contribution < 1.29 is 4.79 Å². The Kier molecular flexibility index (Phi) is 4.22. The standard InChI is InChI=1S/C24H21Cl2N3O/c25-16-7-9-17(10-8-16)29-23(18-3-1-2-4-20(18)26)19-13-28(24(30)22(19)27-29)21-12-14-5-6-15(21)11-14/h1-4,7-10,14-15,21H,5-6,11-13H2. The highest BCUT2D eigenvalue weighted by Crippen LogP contribution is 2.49. The van der Waals surface area contributed by atoms with E-state index in [0.717, 1.165) is 34.8 Å². The fourth-order valence-electron chi connectivity index (χ4n) is 5.71. The summed E-state index contributed by atoms with van der Waals surface area (Å²) in [5.74, 6) is 1.50. The first-order valence-electron chi connectivity index (χ1n) is 10.5. The molecule has 152 valence electrons. The average Bonchev–Trinajstić information content (AvgIpc) is 3.51. The van der Waals surface area contributed by atoms with Gasteiger partial charge in [-0.05, 0) is 61.4 Å². The number of benzene rings is 2. The van der Waals surface area contributed by atoms with Crippen molar-refractivity contribution in [2.75, 3.05) is 0 Å². The molecule has 0 radical (unpaired) electrons. The molecule has 0 saturated heterocycles. The van der Waals surface area contributed by atoms with Crippen LogP contribution in [0.1, 0.15) is 41.7 Å². The van der Waals surface area contributed by atoms with Crippen LogP contribution in [0.15, 0.2) is 48.5 Å². The molecule has 3 aliphatic rings. The third kappa shape index (κ3) is 2.74. The largest absolute Gasteiger partial charge is 0.329 e. The fraction of sp³-hybridized carbons (Fsp3) is 0.333. The van der Waals surface area contributed by atoms with Gasteiger partial charge in [-0.1, -0.05) is 47.8 Å². The summed E-state index contributed by atoms with van der Waals surface area (Å²) in [6, 6.07) is 15.6. The molecular weight excluding hydrogens is 417 g/mol. The van der Waals surface area contributed by atoms with Gasteiger partial charge >= 0.3 is 0 Å². The molecule has 2 saturated carbocycles. The van der Waals surface area contributed by atoms with Gasteiger partial charge in [0.15, 0.2) is 5.69 Å². The van der Waals surface area contributed by atoms with E-state index in [9.17, 15) is 4.79 Å². The maximum absolute atomic E-state index is 13.4. The molecule has 0 spiro atoms. The first-order valence-corrected chi connectivity index (χ1v) is 11.3. The molecule has 3 unspecified atom stereocenters. The molecule has 6 rings (SSSR count). The molecule has 2 fully saturated rings. The molecule has 1 aromatic heterocycles. The predicted octanol–water partition coefficient (Wildman–Crippen LogP) is 5.99. The lowest BCUT2D eigenvalue weighted by Gasteiger charge is -2.31. The number of aromatic nitrogens is 2. The van der Waals surface area contributed by atoms with Gasteiger partial charge in [-0.3, -0.25) is 4.79 Å². The van der Waals surface area contributed by atoms with Crippen LogP contribution < -0.4 is 0 Å². The third-order valence-corrected chi connectivity index (χ3v) is 7.66. The van der Waals surface area contributed by atoms with E-state index in [4.69, 9.17) is 28.3 Å². The van der Waals surface area contributed by atoms with Crippen LogP contribution in [0, 0.1) is 11.8 Å². The van der Waals surface area contributed by atoms with Gasteiger partial charge in [-0.2, -0.15) is 5.10 Å². The van der Waals surface area contributed by atoms with Crippen molar-refractivity contribution in [1.29, 1.82) is 0 Å². The van der Waals surface area contributed by atoms with Gasteiger partial charge in [0.25, 0.3) is 5.91 Å². The summed E-state index contributed by atoms with van der Waals surface area (Å²) in [5, 5.41) is 6.11. The normalized spacial score (nSPS) is 24.7. The number of hydrogen-bond acceptors (Lipinski definition) is 2. The van der Waals surface area contributed by atoms with E-state index < -0.39 is 0 Å². The second kappa shape index (κ2) is 6.86. The molecule has 2 heterocycles. The number of rotatable bonds is 3. The van der Waals surface area contributed by atoms with Crippen LogP contribution >= 0.6 is 23.2 Å². The molecule has 30 heavy (non-hydrogen) atoms. The quantitative estimate of drug-likeness (QED) is 0.504. The number of nitrogens with zero attached hydrogens (tertiary/aromatic N) is 3. The molecule has 2 aliphatic carbocycles. The summed E-state index contributed by atoms with van der Waals surface area (Å²) in [4.78, 5) is 15.5. The van der Waals surface area contributed by atoms with E-state index in [1.165, 1.54) is 19.3 Å². The van der Waals surface area contributed by atoms with Gasteiger partial charge in [0.05, 0.1) is 17.9 Å². The number of fused-ring (bicyclic) bond motifs is 3. The Hall–Kier alpha value is -2.30. The van der Waals surface area contributed by atoms with Crippen molar-refractivity contribution in [3.8, 4) is 16.9 Å². The summed E-state index contributed by atoms with van der Waals surface area (Å²) in [5.41, 5.74) is 4.19. The van der Waals surface area contributed by atoms with E-state index in [0.29, 0.717) is 34.2 Å². The highest BCUT2D eigenvalue weighted by atomic mass is 35.5. The number of carbonyl (C=O) groups is 1.